The molecule has 0 radical (unpaired) electrons. The topological polar surface area (TPSA) is 55.4 Å². The lowest BCUT2D eigenvalue weighted by Crippen LogP contribution is -2.33. The summed E-state index contributed by atoms with van der Waals surface area (Å²) in [6.07, 6.45) is 1.02. The molecular formula is C16H19NO3. The second-order valence-corrected chi connectivity index (χ2v) is 5.88. The zero-order chi connectivity index (χ0) is 14.3. The molecule has 1 saturated carbocycles. The van der Waals surface area contributed by atoms with Crippen molar-refractivity contribution in [3.05, 3.63) is 29.8 Å². The molecule has 1 amide bonds. The van der Waals surface area contributed by atoms with Crippen molar-refractivity contribution in [2.24, 2.45) is 17.8 Å². The van der Waals surface area contributed by atoms with Gasteiger partial charge in [0.25, 0.3) is 0 Å². The van der Waals surface area contributed by atoms with E-state index >= 15 is 0 Å². The first kappa shape index (κ1) is 13.2. The van der Waals surface area contributed by atoms with Crippen LogP contribution < -0.4 is 10.1 Å². The predicted octanol–water partition coefficient (Wildman–Crippen LogP) is 2.10. The molecule has 0 spiro atoms. The van der Waals surface area contributed by atoms with Crippen LogP contribution in [0.25, 0.3) is 0 Å². The van der Waals surface area contributed by atoms with Crippen LogP contribution in [-0.4, -0.2) is 18.8 Å². The number of nitrogens with one attached hydrogen (secondary N) is 1. The van der Waals surface area contributed by atoms with Crippen LogP contribution in [0.4, 0.5) is 0 Å². The van der Waals surface area contributed by atoms with E-state index in [4.69, 9.17) is 4.74 Å². The van der Waals surface area contributed by atoms with E-state index in [-0.39, 0.29) is 35.5 Å². The van der Waals surface area contributed by atoms with Crippen LogP contribution in [0.2, 0.25) is 0 Å². The van der Waals surface area contributed by atoms with Crippen LogP contribution in [0, 0.1) is 17.8 Å². The second-order valence-electron chi connectivity index (χ2n) is 5.88. The van der Waals surface area contributed by atoms with Gasteiger partial charge in [-0.25, -0.2) is 0 Å². The van der Waals surface area contributed by atoms with Crippen molar-refractivity contribution in [1.82, 2.24) is 5.32 Å². The normalized spacial score (nSPS) is 32.7. The summed E-state index contributed by atoms with van der Waals surface area (Å²) in [4.78, 5) is 24.1. The third kappa shape index (κ3) is 2.09. The van der Waals surface area contributed by atoms with Crippen molar-refractivity contribution in [3.8, 4) is 5.75 Å². The predicted molar refractivity (Wildman–Crippen MR) is 74.3 cm³/mol. The van der Waals surface area contributed by atoms with E-state index in [1.165, 1.54) is 0 Å². The van der Waals surface area contributed by atoms with Gasteiger partial charge in [0.15, 0.2) is 0 Å². The molecule has 1 heterocycles. The average Bonchev–Trinajstić information content (AvgIpc) is 2.76. The van der Waals surface area contributed by atoms with E-state index in [1.54, 1.807) is 7.11 Å². The molecule has 1 aromatic carbocycles. The molecule has 2 aliphatic rings. The highest BCUT2D eigenvalue weighted by Gasteiger charge is 2.49. The fourth-order valence-electron chi connectivity index (χ4n) is 3.68. The number of benzene rings is 1. The minimum Gasteiger partial charge on any atom is -0.497 e. The summed E-state index contributed by atoms with van der Waals surface area (Å²) in [6, 6.07) is 7.65. The highest BCUT2D eigenvalue weighted by molar-refractivity contribution is 5.88. The fraction of sp³-hybridized carbons (Fsp3) is 0.500. The number of carbonyl (C=O) groups excluding carboxylic acids is 2. The summed E-state index contributed by atoms with van der Waals surface area (Å²) in [7, 11) is 1.63. The van der Waals surface area contributed by atoms with Crippen molar-refractivity contribution < 1.29 is 14.3 Å². The van der Waals surface area contributed by atoms with E-state index in [9.17, 15) is 9.59 Å². The summed E-state index contributed by atoms with van der Waals surface area (Å²) in [5, 5.41) is 3.07. The highest BCUT2D eigenvalue weighted by atomic mass is 16.5. The largest absolute Gasteiger partial charge is 0.497 e. The maximum absolute atomic E-state index is 12.2. The number of fused-ring (bicyclic) bond motifs is 1. The maximum atomic E-state index is 12.2. The summed E-state index contributed by atoms with van der Waals surface area (Å²) < 4.78 is 5.24. The number of methoxy groups -OCH3 is 1. The van der Waals surface area contributed by atoms with Gasteiger partial charge in [-0.15, -0.1) is 0 Å². The number of Topliss-reactive ketones (excluding diaryl/α,β-unsaturated/α-hetero) is 1. The van der Waals surface area contributed by atoms with Crippen molar-refractivity contribution >= 4 is 11.7 Å². The van der Waals surface area contributed by atoms with Crippen LogP contribution in [0.5, 0.6) is 5.75 Å². The fourth-order valence-corrected chi connectivity index (χ4v) is 3.68. The van der Waals surface area contributed by atoms with Crippen LogP contribution >= 0.6 is 0 Å². The van der Waals surface area contributed by atoms with E-state index < -0.39 is 0 Å². The summed E-state index contributed by atoms with van der Waals surface area (Å²) in [5.41, 5.74) is 1.02. The minimum atomic E-state index is -0.0747. The monoisotopic (exact) mass is 273 g/mol. The first-order chi connectivity index (χ1) is 9.60. The van der Waals surface area contributed by atoms with Gasteiger partial charge in [-0.05, 0) is 23.6 Å². The van der Waals surface area contributed by atoms with Crippen molar-refractivity contribution in [2.75, 3.05) is 7.11 Å². The Morgan fingerprint density at radius 2 is 2.05 bits per heavy atom. The number of hydrogen-bond acceptors (Lipinski definition) is 3. The molecule has 1 aliphatic carbocycles. The Morgan fingerprint density at radius 3 is 2.80 bits per heavy atom. The van der Waals surface area contributed by atoms with Crippen molar-refractivity contribution in [3.63, 3.8) is 0 Å². The molecular weight excluding hydrogens is 254 g/mol. The lowest BCUT2D eigenvalue weighted by Gasteiger charge is -2.30. The quantitative estimate of drug-likeness (QED) is 0.897. The smallest absolute Gasteiger partial charge is 0.224 e. The Morgan fingerprint density at radius 1 is 1.25 bits per heavy atom. The van der Waals surface area contributed by atoms with Crippen molar-refractivity contribution in [1.29, 1.82) is 0 Å². The van der Waals surface area contributed by atoms with Crippen LogP contribution in [0.1, 0.15) is 31.4 Å². The third-order valence-electron chi connectivity index (χ3n) is 4.57. The highest BCUT2D eigenvalue weighted by Crippen LogP contribution is 2.45. The molecule has 2 fully saturated rings. The second kappa shape index (κ2) is 4.93. The van der Waals surface area contributed by atoms with Gasteiger partial charge in [-0.1, -0.05) is 19.1 Å². The summed E-state index contributed by atoms with van der Waals surface area (Å²) >= 11 is 0. The standard InChI is InChI=1S/C16H19NO3/c1-9-6-11(18)8-13-14(9)16(19)17-15(13)10-4-3-5-12(7-10)20-2/h3-5,7,9,13-15H,6,8H2,1-2H3,(H,17,19)/t9-,13-,14+,15+/m0/s1. The van der Waals surface area contributed by atoms with Gasteiger partial charge in [0, 0.05) is 24.7 Å². The molecule has 1 saturated heterocycles. The lowest BCUT2D eigenvalue weighted by atomic mass is 9.71. The molecule has 1 N–H and O–H groups in total. The molecule has 0 bridgehead atoms. The molecule has 1 aliphatic heterocycles. The first-order valence-corrected chi connectivity index (χ1v) is 7.06. The zero-order valence-corrected chi connectivity index (χ0v) is 11.8. The lowest BCUT2D eigenvalue weighted by molar-refractivity contribution is -0.129. The van der Waals surface area contributed by atoms with Crippen LogP contribution in [-0.2, 0) is 9.59 Å². The maximum Gasteiger partial charge on any atom is 0.224 e. The molecule has 0 unspecified atom stereocenters. The van der Waals surface area contributed by atoms with E-state index in [1.807, 2.05) is 31.2 Å². The van der Waals surface area contributed by atoms with E-state index in [2.05, 4.69) is 5.32 Å². The molecule has 4 atom stereocenters. The number of rotatable bonds is 2. The molecule has 0 aromatic heterocycles. The molecule has 4 heteroatoms. The van der Waals surface area contributed by atoms with Crippen molar-refractivity contribution in [2.45, 2.75) is 25.8 Å². The van der Waals surface area contributed by atoms with Gasteiger partial charge >= 0.3 is 0 Å². The first-order valence-electron chi connectivity index (χ1n) is 7.06. The average molecular weight is 273 g/mol. The van der Waals surface area contributed by atoms with Gasteiger partial charge in [0.05, 0.1) is 13.2 Å². The number of ether oxygens (including phenoxy) is 1. The molecule has 1 aromatic rings. The van der Waals surface area contributed by atoms with Crippen LogP contribution in [0.3, 0.4) is 0 Å². The number of carbonyl (C=O) groups is 2. The Balaban J connectivity index is 1.93. The van der Waals surface area contributed by atoms with E-state index in [0.717, 1.165) is 11.3 Å². The Kier molecular flexibility index (Phi) is 3.24. The SMILES string of the molecule is COc1cccc([C@H]2NC(=O)[C@H]3[C@@H]2CC(=O)C[C@@H]3C)c1. The zero-order valence-electron chi connectivity index (χ0n) is 11.8. The third-order valence-corrected chi connectivity index (χ3v) is 4.57. The molecule has 106 valence electrons. The summed E-state index contributed by atoms with van der Waals surface area (Å²) in [6.45, 7) is 2.00. The molecule has 4 nitrogen and oxygen atoms in total. The molecule has 20 heavy (non-hydrogen) atoms. The Hall–Kier alpha value is -1.84. The molecule has 3 rings (SSSR count). The number of ketones is 1. The summed E-state index contributed by atoms with van der Waals surface area (Å²) in [5.74, 6) is 1.30. The Bertz CT molecular complexity index is 554. The minimum absolute atomic E-state index is 0.0381. The Labute approximate surface area is 118 Å². The number of amides is 1. The van der Waals surface area contributed by atoms with Crippen LogP contribution in [0.15, 0.2) is 24.3 Å². The van der Waals surface area contributed by atoms with E-state index in [0.29, 0.717) is 12.8 Å². The van der Waals surface area contributed by atoms with Gasteiger partial charge in [-0.3, -0.25) is 9.59 Å². The van der Waals surface area contributed by atoms with Gasteiger partial charge in [0.1, 0.15) is 11.5 Å². The van der Waals surface area contributed by atoms with Gasteiger partial charge < -0.3 is 10.1 Å². The van der Waals surface area contributed by atoms with Gasteiger partial charge in [0.2, 0.25) is 5.91 Å². The van der Waals surface area contributed by atoms with Gasteiger partial charge in [-0.2, -0.15) is 0 Å². The number of hydrogen-bond donors (Lipinski definition) is 1.